The minimum Gasteiger partial charge on any atom is -0.484 e. The summed E-state index contributed by atoms with van der Waals surface area (Å²) in [5.41, 5.74) is 0.818. The molecule has 0 radical (unpaired) electrons. The molecule has 0 aliphatic carbocycles. The lowest BCUT2D eigenvalue weighted by atomic mass is 10.2. The standard InChI is InChI=1S/C19H29F3N4O2.HI/c1-5-23-18(25(4)13-17(27)26(6-2)7-3)24-12-15-8-10-16(11-9-15)28-14-19(20,21)22;/h8-11H,5-7,12-14H2,1-4H3,(H,23,24);1H. The Labute approximate surface area is 187 Å². The van der Waals surface area contributed by atoms with Crippen LogP contribution in [-0.4, -0.2) is 67.7 Å². The first-order valence-electron chi connectivity index (χ1n) is 9.25. The van der Waals surface area contributed by atoms with Crippen LogP contribution in [-0.2, 0) is 11.3 Å². The first-order chi connectivity index (χ1) is 13.2. The zero-order chi connectivity index (χ0) is 21.2. The molecule has 0 unspecified atom stereocenters. The van der Waals surface area contributed by atoms with Crippen molar-refractivity contribution in [1.29, 1.82) is 0 Å². The van der Waals surface area contributed by atoms with Crippen LogP contribution in [0.25, 0.3) is 0 Å². The van der Waals surface area contributed by atoms with Crippen molar-refractivity contribution < 1.29 is 22.7 Å². The first kappa shape index (κ1) is 27.3. The molecule has 29 heavy (non-hydrogen) atoms. The normalized spacial score (nSPS) is 11.5. The summed E-state index contributed by atoms with van der Waals surface area (Å²) in [6.45, 7) is 6.96. The van der Waals surface area contributed by atoms with Crippen LogP contribution in [0.2, 0.25) is 0 Å². The third-order valence-electron chi connectivity index (χ3n) is 3.92. The number of aliphatic imine (C=N–C) groups is 1. The monoisotopic (exact) mass is 530 g/mol. The van der Waals surface area contributed by atoms with Gasteiger partial charge in [-0.1, -0.05) is 12.1 Å². The molecule has 0 spiro atoms. The Bertz CT molecular complexity index is 635. The van der Waals surface area contributed by atoms with E-state index >= 15 is 0 Å². The van der Waals surface area contributed by atoms with Gasteiger partial charge >= 0.3 is 6.18 Å². The lowest BCUT2D eigenvalue weighted by molar-refractivity contribution is -0.153. The number of rotatable bonds is 9. The van der Waals surface area contributed by atoms with Crippen LogP contribution < -0.4 is 10.1 Å². The fourth-order valence-electron chi connectivity index (χ4n) is 2.45. The molecule has 0 saturated carbocycles. The summed E-state index contributed by atoms with van der Waals surface area (Å²) in [5, 5.41) is 3.14. The van der Waals surface area contributed by atoms with Crippen molar-refractivity contribution in [3.05, 3.63) is 29.8 Å². The predicted octanol–water partition coefficient (Wildman–Crippen LogP) is 3.51. The van der Waals surface area contributed by atoms with E-state index in [9.17, 15) is 18.0 Å². The number of likely N-dealkylation sites (N-methyl/N-ethyl adjacent to an activating group) is 2. The summed E-state index contributed by atoms with van der Waals surface area (Å²) in [7, 11) is 1.79. The quantitative estimate of drug-likeness (QED) is 0.302. The minimum atomic E-state index is -4.36. The Morgan fingerprint density at radius 1 is 1.14 bits per heavy atom. The third-order valence-corrected chi connectivity index (χ3v) is 3.92. The fraction of sp³-hybridized carbons (Fsp3) is 0.579. The Balaban J connectivity index is 0.00000784. The van der Waals surface area contributed by atoms with Gasteiger partial charge in [-0.05, 0) is 38.5 Å². The zero-order valence-corrected chi connectivity index (χ0v) is 19.6. The van der Waals surface area contributed by atoms with Crippen LogP contribution in [0.4, 0.5) is 13.2 Å². The molecule has 0 bridgehead atoms. The highest BCUT2D eigenvalue weighted by molar-refractivity contribution is 14.0. The van der Waals surface area contributed by atoms with Crippen molar-refractivity contribution in [2.45, 2.75) is 33.5 Å². The van der Waals surface area contributed by atoms with E-state index in [1.165, 1.54) is 12.1 Å². The molecule has 1 N–H and O–H groups in total. The molecule has 1 amide bonds. The number of ether oxygens (including phenoxy) is 1. The number of amides is 1. The molecule has 0 heterocycles. The summed E-state index contributed by atoms with van der Waals surface area (Å²) < 4.78 is 41.2. The Morgan fingerprint density at radius 3 is 2.21 bits per heavy atom. The first-order valence-corrected chi connectivity index (χ1v) is 9.25. The number of hydrogen-bond acceptors (Lipinski definition) is 3. The van der Waals surface area contributed by atoms with Gasteiger partial charge in [-0.25, -0.2) is 4.99 Å². The van der Waals surface area contributed by atoms with E-state index in [1.54, 1.807) is 29.0 Å². The van der Waals surface area contributed by atoms with Crippen LogP contribution in [0.3, 0.4) is 0 Å². The fourth-order valence-corrected chi connectivity index (χ4v) is 2.45. The number of nitrogens with zero attached hydrogens (tertiary/aromatic N) is 3. The highest BCUT2D eigenvalue weighted by atomic mass is 127. The summed E-state index contributed by atoms with van der Waals surface area (Å²) in [5.74, 6) is 0.753. The summed E-state index contributed by atoms with van der Waals surface area (Å²) in [4.78, 5) is 20.3. The van der Waals surface area contributed by atoms with Gasteiger partial charge in [0.25, 0.3) is 0 Å². The van der Waals surface area contributed by atoms with E-state index in [0.717, 1.165) is 5.56 Å². The lowest BCUT2D eigenvalue weighted by Gasteiger charge is -2.25. The maximum Gasteiger partial charge on any atom is 0.422 e. The van der Waals surface area contributed by atoms with Gasteiger partial charge in [0.1, 0.15) is 5.75 Å². The van der Waals surface area contributed by atoms with Gasteiger partial charge in [0, 0.05) is 26.7 Å². The van der Waals surface area contributed by atoms with E-state index < -0.39 is 12.8 Å². The minimum absolute atomic E-state index is 0. The summed E-state index contributed by atoms with van der Waals surface area (Å²) in [6.07, 6.45) is -4.36. The van der Waals surface area contributed by atoms with Gasteiger partial charge in [0.15, 0.2) is 12.6 Å². The molecule has 0 aromatic heterocycles. The molecular weight excluding hydrogens is 500 g/mol. The van der Waals surface area contributed by atoms with Crippen LogP contribution in [0, 0.1) is 0 Å². The summed E-state index contributed by atoms with van der Waals surface area (Å²) in [6, 6.07) is 6.30. The van der Waals surface area contributed by atoms with Crippen LogP contribution in [0.15, 0.2) is 29.3 Å². The lowest BCUT2D eigenvalue weighted by Crippen LogP contribution is -2.45. The van der Waals surface area contributed by atoms with E-state index in [2.05, 4.69) is 10.3 Å². The van der Waals surface area contributed by atoms with Gasteiger partial charge in [-0.3, -0.25) is 4.79 Å². The van der Waals surface area contributed by atoms with E-state index in [4.69, 9.17) is 4.74 Å². The molecule has 166 valence electrons. The highest BCUT2D eigenvalue weighted by Gasteiger charge is 2.28. The van der Waals surface area contributed by atoms with E-state index in [1.807, 2.05) is 20.8 Å². The second kappa shape index (κ2) is 13.5. The van der Waals surface area contributed by atoms with Gasteiger partial charge in [-0.2, -0.15) is 13.2 Å². The number of nitrogens with one attached hydrogen (secondary N) is 1. The molecular formula is C19H30F3IN4O2. The molecule has 0 fully saturated rings. The Morgan fingerprint density at radius 2 is 1.72 bits per heavy atom. The molecule has 0 aliphatic heterocycles. The van der Waals surface area contributed by atoms with Gasteiger partial charge in [0.05, 0.1) is 13.1 Å². The number of carbonyl (C=O) groups is 1. The average Bonchev–Trinajstić information content (AvgIpc) is 2.64. The predicted molar refractivity (Wildman–Crippen MR) is 119 cm³/mol. The number of carbonyl (C=O) groups excluding carboxylic acids is 1. The van der Waals surface area contributed by atoms with Crippen molar-refractivity contribution in [3.63, 3.8) is 0 Å². The molecule has 6 nitrogen and oxygen atoms in total. The third kappa shape index (κ3) is 10.6. The second-order valence-electron chi connectivity index (χ2n) is 6.14. The number of halogens is 4. The number of hydrogen-bond donors (Lipinski definition) is 1. The van der Waals surface area contributed by atoms with Crippen molar-refractivity contribution in [2.75, 3.05) is 39.8 Å². The number of alkyl halides is 3. The molecule has 0 saturated heterocycles. The largest absolute Gasteiger partial charge is 0.484 e. The zero-order valence-electron chi connectivity index (χ0n) is 17.3. The van der Waals surface area contributed by atoms with E-state index in [-0.39, 0.29) is 42.2 Å². The van der Waals surface area contributed by atoms with Crippen molar-refractivity contribution in [1.82, 2.24) is 15.1 Å². The maximum atomic E-state index is 12.3. The molecule has 1 rings (SSSR count). The molecule has 1 aromatic carbocycles. The van der Waals surface area contributed by atoms with Crippen LogP contribution in [0.5, 0.6) is 5.75 Å². The summed E-state index contributed by atoms with van der Waals surface area (Å²) >= 11 is 0. The van der Waals surface area contributed by atoms with Gasteiger partial charge in [-0.15, -0.1) is 24.0 Å². The second-order valence-corrected chi connectivity index (χ2v) is 6.14. The smallest absolute Gasteiger partial charge is 0.422 e. The molecule has 1 aromatic rings. The molecule has 0 aliphatic rings. The van der Waals surface area contributed by atoms with E-state index in [0.29, 0.717) is 32.1 Å². The van der Waals surface area contributed by atoms with Gasteiger partial charge < -0.3 is 19.9 Å². The molecule has 0 atom stereocenters. The van der Waals surface area contributed by atoms with Gasteiger partial charge in [0.2, 0.25) is 5.91 Å². The highest BCUT2D eigenvalue weighted by Crippen LogP contribution is 2.19. The Kier molecular flexibility index (Phi) is 12.7. The Hall–Kier alpha value is -1.72. The average molecular weight is 530 g/mol. The number of benzene rings is 1. The number of guanidine groups is 1. The maximum absolute atomic E-state index is 12.3. The topological polar surface area (TPSA) is 57.2 Å². The van der Waals surface area contributed by atoms with Crippen molar-refractivity contribution in [2.24, 2.45) is 4.99 Å². The molecule has 10 heteroatoms. The SMILES string of the molecule is CCNC(=NCc1ccc(OCC(F)(F)F)cc1)N(C)CC(=O)N(CC)CC.I. The van der Waals surface area contributed by atoms with Crippen LogP contribution >= 0.6 is 24.0 Å². The van der Waals surface area contributed by atoms with Crippen molar-refractivity contribution >= 4 is 35.8 Å². The van der Waals surface area contributed by atoms with Crippen LogP contribution in [0.1, 0.15) is 26.3 Å². The van der Waals surface area contributed by atoms with Crippen molar-refractivity contribution in [3.8, 4) is 5.75 Å².